The van der Waals surface area contributed by atoms with E-state index in [-0.39, 0.29) is 6.10 Å². The normalized spacial score (nSPS) is 9.08. The summed E-state index contributed by atoms with van der Waals surface area (Å²) in [7, 11) is 0. The fourth-order valence-electron chi connectivity index (χ4n) is 0.765. The van der Waals surface area contributed by atoms with Crippen LogP contribution < -0.4 is 4.74 Å². The highest BCUT2D eigenvalue weighted by Crippen LogP contribution is 2.07. The molecule has 0 aliphatic rings. The lowest BCUT2D eigenvalue weighted by Crippen LogP contribution is -2.06. The van der Waals surface area contributed by atoms with Crippen LogP contribution in [-0.2, 0) is 0 Å². The molecule has 1 heterocycles. The van der Waals surface area contributed by atoms with Crippen LogP contribution in [0.5, 0.6) is 5.88 Å². The fourth-order valence-corrected chi connectivity index (χ4v) is 0.765. The number of pyridine rings is 1. The van der Waals surface area contributed by atoms with E-state index in [1.54, 1.807) is 6.20 Å². The van der Waals surface area contributed by atoms with Crippen LogP contribution in [0.15, 0.2) is 18.3 Å². The maximum absolute atomic E-state index is 5.36. The summed E-state index contributed by atoms with van der Waals surface area (Å²) in [6.45, 7) is 9.98. The second-order valence-corrected chi connectivity index (χ2v) is 2.84. The van der Waals surface area contributed by atoms with Gasteiger partial charge in [-0.1, -0.05) is 19.9 Å². The van der Waals surface area contributed by atoms with Gasteiger partial charge in [-0.2, -0.15) is 0 Å². The average Bonchev–Trinajstić information content (AvgIpc) is 2.12. The highest BCUT2D eigenvalue weighted by atomic mass is 16.5. The van der Waals surface area contributed by atoms with E-state index in [4.69, 9.17) is 4.74 Å². The fraction of sp³-hybridized carbons (Fsp3) is 0.545. The molecule has 13 heavy (non-hydrogen) atoms. The van der Waals surface area contributed by atoms with Crippen molar-refractivity contribution in [2.75, 3.05) is 0 Å². The number of hydrogen-bond donors (Lipinski definition) is 0. The quantitative estimate of drug-likeness (QED) is 0.699. The van der Waals surface area contributed by atoms with E-state index in [1.807, 2.05) is 46.8 Å². The van der Waals surface area contributed by atoms with Gasteiger partial charge in [0.2, 0.25) is 5.88 Å². The molecule has 0 radical (unpaired) electrons. The molecule has 0 fully saturated rings. The molecule has 1 aromatic heterocycles. The van der Waals surface area contributed by atoms with Gasteiger partial charge < -0.3 is 4.74 Å². The minimum absolute atomic E-state index is 0.199. The summed E-state index contributed by atoms with van der Waals surface area (Å²) >= 11 is 0. The minimum Gasteiger partial charge on any atom is -0.475 e. The van der Waals surface area contributed by atoms with Crippen LogP contribution in [0.25, 0.3) is 0 Å². The summed E-state index contributed by atoms with van der Waals surface area (Å²) in [5.41, 5.74) is 1.15. The van der Waals surface area contributed by atoms with Gasteiger partial charge in [-0.3, -0.25) is 0 Å². The zero-order valence-corrected chi connectivity index (χ0v) is 9.16. The summed E-state index contributed by atoms with van der Waals surface area (Å²) in [6.07, 6.45) is 2.00. The molecule has 0 unspecified atom stereocenters. The second-order valence-electron chi connectivity index (χ2n) is 2.84. The van der Waals surface area contributed by atoms with Gasteiger partial charge in [-0.25, -0.2) is 4.98 Å². The Balaban J connectivity index is 0.000000671. The molecule has 2 nitrogen and oxygen atoms in total. The molecule has 1 aromatic rings. The molecule has 0 bridgehead atoms. The second kappa shape index (κ2) is 6.46. The summed E-state index contributed by atoms with van der Waals surface area (Å²) in [4.78, 5) is 4.10. The van der Waals surface area contributed by atoms with Crippen LogP contribution in [0.1, 0.15) is 33.3 Å². The highest BCUT2D eigenvalue weighted by Gasteiger charge is 1.96. The summed E-state index contributed by atoms with van der Waals surface area (Å²) < 4.78 is 5.36. The summed E-state index contributed by atoms with van der Waals surface area (Å²) in [5, 5.41) is 0. The predicted molar refractivity (Wildman–Crippen MR) is 56.1 cm³/mol. The van der Waals surface area contributed by atoms with Crippen molar-refractivity contribution in [3.05, 3.63) is 23.9 Å². The molecule has 0 aliphatic heterocycles. The van der Waals surface area contributed by atoms with E-state index in [0.29, 0.717) is 5.88 Å². The predicted octanol–water partition coefficient (Wildman–Crippen LogP) is 3.20. The maximum Gasteiger partial charge on any atom is 0.213 e. The van der Waals surface area contributed by atoms with Crippen molar-refractivity contribution in [2.24, 2.45) is 0 Å². The van der Waals surface area contributed by atoms with Crippen LogP contribution >= 0.6 is 0 Å². The minimum atomic E-state index is 0.199. The van der Waals surface area contributed by atoms with E-state index in [1.165, 1.54) is 0 Å². The molecule has 0 saturated carbocycles. The first-order valence-electron chi connectivity index (χ1n) is 4.78. The summed E-state index contributed by atoms with van der Waals surface area (Å²) in [5.74, 6) is 0.700. The van der Waals surface area contributed by atoms with Gasteiger partial charge in [0.15, 0.2) is 0 Å². The monoisotopic (exact) mass is 181 g/mol. The maximum atomic E-state index is 5.36. The number of nitrogens with zero attached hydrogens (tertiary/aromatic N) is 1. The van der Waals surface area contributed by atoms with Gasteiger partial charge in [0, 0.05) is 12.3 Å². The zero-order chi connectivity index (χ0) is 10.3. The third-order valence-corrected chi connectivity index (χ3v) is 1.24. The molecule has 0 spiro atoms. The smallest absolute Gasteiger partial charge is 0.213 e. The molecule has 74 valence electrons. The number of aryl methyl sites for hydroxylation is 1. The number of aromatic nitrogens is 1. The lowest BCUT2D eigenvalue weighted by atomic mass is 10.3. The average molecular weight is 181 g/mol. The lowest BCUT2D eigenvalue weighted by Gasteiger charge is -2.07. The largest absolute Gasteiger partial charge is 0.475 e. The van der Waals surface area contributed by atoms with E-state index in [9.17, 15) is 0 Å². The summed E-state index contributed by atoms with van der Waals surface area (Å²) in [6, 6.07) is 3.88. The van der Waals surface area contributed by atoms with E-state index < -0.39 is 0 Å². The van der Waals surface area contributed by atoms with Gasteiger partial charge in [0.1, 0.15) is 0 Å². The van der Waals surface area contributed by atoms with Gasteiger partial charge >= 0.3 is 0 Å². The Labute approximate surface area is 81.0 Å². The van der Waals surface area contributed by atoms with Crippen molar-refractivity contribution in [3.63, 3.8) is 0 Å². The van der Waals surface area contributed by atoms with Crippen molar-refractivity contribution < 1.29 is 4.74 Å². The number of rotatable bonds is 2. The van der Waals surface area contributed by atoms with Gasteiger partial charge in [-0.05, 0) is 26.3 Å². The van der Waals surface area contributed by atoms with Crippen molar-refractivity contribution in [3.8, 4) is 5.88 Å². The first-order chi connectivity index (χ1) is 6.18. The van der Waals surface area contributed by atoms with Gasteiger partial charge in [-0.15, -0.1) is 0 Å². The molecule has 0 aliphatic carbocycles. The topological polar surface area (TPSA) is 22.1 Å². The third-order valence-electron chi connectivity index (χ3n) is 1.24. The Morgan fingerprint density at radius 3 is 2.23 bits per heavy atom. The SMILES string of the molecule is CC.Cc1ccc(OC(C)C)nc1. The Hall–Kier alpha value is -1.05. The molecule has 0 aromatic carbocycles. The van der Waals surface area contributed by atoms with Gasteiger partial charge in [0.05, 0.1) is 6.10 Å². The molecular formula is C11H19NO. The van der Waals surface area contributed by atoms with Crippen LogP contribution in [0.4, 0.5) is 0 Å². The van der Waals surface area contributed by atoms with Crippen LogP contribution in [0, 0.1) is 6.92 Å². The standard InChI is InChI=1S/C9H13NO.C2H6/c1-7(2)11-9-5-4-8(3)6-10-9;1-2/h4-7H,1-3H3;1-2H3. The van der Waals surface area contributed by atoms with Crippen molar-refractivity contribution in [2.45, 2.75) is 40.7 Å². The number of hydrogen-bond acceptors (Lipinski definition) is 2. The lowest BCUT2D eigenvalue weighted by molar-refractivity contribution is 0.232. The van der Waals surface area contributed by atoms with Crippen molar-refractivity contribution in [1.29, 1.82) is 0 Å². The first kappa shape index (κ1) is 11.9. The van der Waals surface area contributed by atoms with E-state index >= 15 is 0 Å². The van der Waals surface area contributed by atoms with Gasteiger partial charge in [0.25, 0.3) is 0 Å². The molecular weight excluding hydrogens is 162 g/mol. The first-order valence-corrected chi connectivity index (χ1v) is 4.78. The Kier molecular flexibility index (Phi) is 5.94. The molecule has 0 N–H and O–H groups in total. The van der Waals surface area contributed by atoms with Crippen LogP contribution in [0.3, 0.4) is 0 Å². The zero-order valence-electron chi connectivity index (χ0n) is 9.16. The highest BCUT2D eigenvalue weighted by molar-refractivity contribution is 5.16. The Bertz CT molecular complexity index is 216. The Morgan fingerprint density at radius 1 is 1.23 bits per heavy atom. The van der Waals surface area contributed by atoms with Crippen molar-refractivity contribution in [1.82, 2.24) is 4.98 Å². The van der Waals surface area contributed by atoms with Crippen LogP contribution in [0.2, 0.25) is 0 Å². The third kappa shape index (κ3) is 5.23. The molecule has 0 amide bonds. The number of ether oxygens (including phenoxy) is 1. The molecule has 1 rings (SSSR count). The molecule has 0 saturated heterocycles. The Morgan fingerprint density at radius 2 is 1.85 bits per heavy atom. The van der Waals surface area contributed by atoms with E-state index in [0.717, 1.165) is 5.56 Å². The molecule has 0 atom stereocenters. The van der Waals surface area contributed by atoms with Crippen LogP contribution in [-0.4, -0.2) is 11.1 Å². The van der Waals surface area contributed by atoms with E-state index in [2.05, 4.69) is 4.98 Å². The van der Waals surface area contributed by atoms with Crippen molar-refractivity contribution >= 4 is 0 Å². The molecule has 2 heteroatoms.